The molecule has 0 bridgehead atoms. The first-order valence-corrected chi connectivity index (χ1v) is 9.64. The van der Waals surface area contributed by atoms with Crippen LogP contribution >= 0.6 is 0 Å². The van der Waals surface area contributed by atoms with Gasteiger partial charge in [-0.3, -0.25) is 4.72 Å². The van der Waals surface area contributed by atoms with Gasteiger partial charge < -0.3 is 9.47 Å². The van der Waals surface area contributed by atoms with Gasteiger partial charge in [0, 0.05) is 5.69 Å². The van der Waals surface area contributed by atoms with Gasteiger partial charge in [0.25, 0.3) is 10.0 Å². The number of anilines is 1. The van der Waals surface area contributed by atoms with Gasteiger partial charge in [0.1, 0.15) is 19.6 Å². The quantitative estimate of drug-likeness (QED) is 0.907. The predicted octanol–water partition coefficient (Wildman–Crippen LogP) is 2.48. The molecule has 2 aliphatic rings. The molecular formula is C18H20N2O4S. The maximum atomic E-state index is 12.4. The van der Waals surface area contributed by atoms with Gasteiger partial charge in [0.2, 0.25) is 0 Å². The maximum absolute atomic E-state index is 12.4. The Bertz CT molecular complexity index is 850. The minimum absolute atomic E-state index is 0.0368. The first-order chi connectivity index (χ1) is 12.0. The standard InChI is InChI=1S/C18H20N2O4S/c1-13-2-8-16(9-3-13)25(21,22)19-15-6-4-14(5-7-15)18-17-10-23-11-20(17)12-24-18/h2-9,17-19H,10-12H2,1H3. The van der Waals surface area contributed by atoms with Crippen LogP contribution in [0.5, 0.6) is 0 Å². The van der Waals surface area contributed by atoms with Crippen molar-refractivity contribution >= 4 is 15.7 Å². The molecule has 0 aliphatic carbocycles. The molecule has 2 aromatic rings. The number of hydrogen-bond acceptors (Lipinski definition) is 5. The summed E-state index contributed by atoms with van der Waals surface area (Å²) < 4.78 is 38.8. The van der Waals surface area contributed by atoms with Crippen molar-refractivity contribution in [1.29, 1.82) is 0 Å². The van der Waals surface area contributed by atoms with Gasteiger partial charge >= 0.3 is 0 Å². The average Bonchev–Trinajstić information content (AvgIpc) is 3.19. The molecule has 0 saturated carbocycles. The van der Waals surface area contributed by atoms with Crippen LogP contribution in [0, 0.1) is 6.92 Å². The van der Waals surface area contributed by atoms with E-state index < -0.39 is 10.0 Å². The number of aryl methyl sites for hydroxylation is 1. The van der Waals surface area contributed by atoms with Crippen LogP contribution in [0.25, 0.3) is 0 Å². The molecular weight excluding hydrogens is 340 g/mol. The zero-order valence-corrected chi connectivity index (χ0v) is 14.7. The molecule has 1 N–H and O–H groups in total. The second-order valence-corrected chi connectivity index (χ2v) is 8.10. The summed E-state index contributed by atoms with van der Waals surface area (Å²) in [7, 11) is -3.59. The van der Waals surface area contributed by atoms with Gasteiger partial charge in [-0.05, 0) is 36.8 Å². The van der Waals surface area contributed by atoms with E-state index in [1.807, 2.05) is 19.1 Å². The third-order valence-corrected chi connectivity index (χ3v) is 6.00. The Labute approximate surface area is 147 Å². The molecule has 2 aliphatic heterocycles. The zero-order chi connectivity index (χ0) is 17.4. The van der Waals surface area contributed by atoms with Crippen molar-refractivity contribution in [2.24, 2.45) is 0 Å². The largest absolute Gasteiger partial charge is 0.364 e. The second-order valence-electron chi connectivity index (χ2n) is 6.41. The fraction of sp³-hybridized carbons (Fsp3) is 0.333. The van der Waals surface area contributed by atoms with Crippen molar-refractivity contribution < 1.29 is 17.9 Å². The molecule has 2 fully saturated rings. The summed E-state index contributed by atoms with van der Waals surface area (Å²) >= 11 is 0. The Hall–Kier alpha value is -1.93. The van der Waals surface area contributed by atoms with Crippen molar-refractivity contribution in [3.05, 3.63) is 59.7 Å². The highest BCUT2D eigenvalue weighted by Crippen LogP contribution is 2.34. The Morgan fingerprint density at radius 3 is 2.48 bits per heavy atom. The Balaban J connectivity index is 1.50. The van der Waals surface area contributed by atoms with Crippen LogP contribution in [-0.2, 0) is 19.5 Å². The topological polar surface area (TPSA) is 67.9 Å². The molecule has 132 valence electrons. The molecule has 2 heterocycles. The highest BCUT2D eigenvalue weighted by Gasteiger charge is 2.39. The molecule has 0 radical (unpaired) electrons. The number of nitrogens with zero attached hydrogens (tertiary/aromatic N) is 1. The second kappa shape index (κ2) is 6.42. The van der Waals surface area contributed by atoms with Crippen molar-refractivity contribution in [3.63, 3.8) is 0 Å². The van der Waals surface area contributed by atoms with Crippen LogP contribution in [0.15, 0.2) is 53.4 Å². The van der Waals surface area contributed by atoms with E-state index in [0.717, 1.165) is 11.1 Å². The first-order valence-electron chi connectivity index (χ1n) is 8.16. The average molecular weight is 360 g/mol. The van der Waals surface area contributed by atoms with Gasteiger partial charge in [-0.1, -0.05) is 29.8 Å². The molecule has 2 saturated heterocycles. The molecule has 2 unspecified atom stereocenters. The van der Waals surface area contributed by atoms with Crippen LogP contribution in [0.2, 0.25) is 0 Å². The van der Waals surface area contributed by atoms with Gasteiger partial charge in [-0.15, -0.1) is 0 Å². The molecule has 7 heteroatoms. The summed E-state index contributed by atoms with van der Waals surface area (Å²) in [6.07, 6.45) is -0.0368. The predicted molar refractivity (Wildman–Crippen MR) is 93.6 cm³/mol. The zero-order valence-electron chi connectivity index (χ0n) is 13.9. The monoisotopic (exact) mass is 360 g/mol. The van der Waals surface area contributed by atoms with Crippen LogP contribution in [-0.4, -0.2) is 39.4 Å². The number of hydrogen-bond donors (Lipinski definition) is 1. The van der Waals surface area contributed by atoms with Crippen molar-refractivity contribution in [2.75, 3.05) is 24.8 Å². The molecule has 0 spiro atoms. The normalized spacial score (nSPS) is 23.6. The minimum Gasteiger partial charge on any atom is -0.364 e. The lowest BCUT2D eigenvalue weighted by molar-refractivity contribution is 0.0370. The Morgan fingerprint density at radius 2 is 1.76 bits per heavy atom. The highest BCUT2D eigenvalue weighted by molar-refractivity contribution is 7.92. The Morgan fingerprint density at radius 1 is 1.04 bits per heavy atom. The van der Waals surface area contributed by atoms with Crippen LogP contribution in [0.1, 0.15) is 17.2 Å². The fourth-order valence-corrected chi connectivity index (χ4v) is 4.24. The summed E-state index contributed by atoms with van der Waals surface area (Å²) in [6.45, 7) is 3.75. The molecule has 0 aromatic heterocycles. The summed E-state index contributed by atoms with van der Waals surface area (Å²) in [5.74, 6) is 0. The van der Waals surface area contributed by atoms with E-state index in [-0.39, 0.29) is 17.0 Å². The van der Waals surface area contributed by atoms with E-state index in [2.05, 4.69) is 9.62 Å². The summed E-state index contributed by atoms with van der Waals surface area (Å²) in [4.78, 5) is 2.40. The highest BCUT2D eigenvalue weighted by atomic mass is 32.2. The van der Waals surface area contributed by atoms with Gasteiger partial charge in [-0.25, -0.2) is 13.3 Å². The molecule has 25 heavy (non-hydrogen) atoms. The molecule has 0 amide bonds. The maximum Gasteiger partial charge on any atom is 0.261 e. The van der Waals surface area contributed by atoms with Crippen LogP contribution in [0.4, 0.5) is 5.69 Å². The van der Waals surface area contributed by atoms with Crippen molar-refractivity contribution in [3.8, 4) is 0 Å². The number of nitrogens with one attached hydrogen (secondary N) is 1. The molecule has 4 rings (SSSR count). The number of ether oxygens (including phenoxy) is 2. The van der Waals surface area contributed by atoms with Gasteiger partial charge in [-0.2, -0.15) is 0 Å². The van der Waals surface area contributed by atoms with E-state index in [0.29, 0.717) is 25.8 Å². The SMILES string of the molecule is Cc1ccc(S(=O)(=O)Nc2ccc(C3OCN4COCC34)cc2)cc1. The van der Waals surface area contributed by atoms with E-state index in [1.54, 1.807) is 36.4 Å². The van der Waals surface area contributed by atoms with Gasteiger partial charge in [0.05, 0.1) is 17.5 Å². The first kappa shape index (κ1) is 16.5. The number of rotatable bonds is 4. The minimum atomic E-state index is -3.59. The third-order valence-electron chi connectivity index (χ3n) is 4.61. The Kier molecular flexibility index (Phi) is 4.24. The lowest BCUT2D eigenvalue weighted by Gasteiger charge is -2.17. The smallest absolute Gasteiger partial charge is 0.261 e. The number of benzene rings is 2. The third kappa shape index (κ3) is 3.28. The van der Waals surface area contributed by atoms with Crippen molar-refractivity contribution in [2.45, 2.75) is 24.0 Å². The van der Waals surface area contributed by atoms with E-state index in [1.165, 1.54) is 0 Å². The lowest BCUT2D eigenvalue weighted by atomic mass is 10.0. The molecule has 2 aromatic carbocycles. The van der Waals surface area contributed by atoms with Crippen molar-refractivity contribution in [1.82, 2.24) is 4.90 Å². The van der Waals surface area contributed by atoms with Crippen LogP contribution in [0.3, 0.4) is 0 Å². The fourth-order valence-electron chi connectivity index (χ4n) is 3.18. The van der Waals surface area contributed by atoms with E-state index in [4.69, 9.17) is 9.47 Å². The van der Waals surface area contributed by atoms with Gasteiger partial charge in [0.15, 0.2) is 0 Å². The summed E-state index contributed by atoms with van der Waals surface area (Å²) in [5, 5.41) is 0. The van der Waals surface area contributed by atoms with Crippen LogP contribution < -0.4 is 4.72 Å². The summed E-state index contributed by atoms with van der Waals surface area (Å²) in [6, 6.07) is 14.3. The summed E-state index contributed by atoms with van der Waals surface area (Å²) in [5.41, 5.74) is 2.57. The van der Waals surface area contributed by atoms with E-state index in [9.17, 15) is 8.42 Å². The lowest BCUT2D eigenvalue weighted by Crippen LogP contribution is -2.27. The molecule has 6 nitrogen and oxygen atoms in total. The van der Waals surface area contributed by atoms with E-state index >= 15 is 0 Å². The molecule has 2 atom stereocenters. The number of sulfonamides is 1. The number of fused-ring (bicyclic) bond motifs is 1.